The Morgan fingerprint density at radius 1 is 1.10 bits per heavy atom. The Morgan fingerprint density at radius 2 is 1.95 bits per heavy atom. The van der Waals surface area contributed by atoms with Crippen molar-refractivity contribution in [2.45, 2.75) is 57.4 Å². The van der Waals surface area contributed by atoms with Crippen LogP contribution in [0, 0.1) is 11.8 Å². The number of Topliss-reactive ketones (excluding diaryl/α,β-unsaturated/α-hetero) is 1. The fraction of sp³-hybridized carbons (Fsp3) is 0.875. The fourth-order valence-corrected chi connectivity index (χ4v) is 4.03. The quantitative estimate of drug-likeness (QED) is 0.778. The van der Waals surface area contributed by atoms with Crippen molar-refractivity contribution < 1.29 is 14.3 Å². The minimum atomic E-state index is 0.0364. The molecule has 2 aliphatic heterocycles. The van der Waals surface area contributed by atoms with Crippen LogP contribution in [0.2, 0.25) is 0 Å². The van der Waals surface area contributed by atoms with Crippen LogP contribution < -0.4 is 0 Å². The molecule has 3 aliphatic rings. The van der Waals surface area contributed by atoms with Gasteiger partial charge in [-0.3, -0.25) is 9.59 Å². The lowest BCUT2D eigenvalue weighted by Crippen LogP contribution is -2.52. The minimum Gasteiger partial charge on any atom is -0.381 e. The van der Waals surface area contributed by atoms with Gasteiger partial charge in [-0.25, -0.2) is 0 Å². The number of ketones is 1. The van der Waals surface area contributed by atoms with Crippen molar-refractivity contribution >= 4 is 11.7 Å². The van der Waals surface area contributed by atoms with Gasteiger partial charge < -0.3 is 9.64 Å². The van der Waals surface area contributed by atoms with Crippen molar-refractivity contribution in [1.29, 1.82) is 0 Å². The molecular weight excluding hydrogens is 254 g/mol. The van der Waals surface area contributed by atoms with Gasteiger partial charge in [0.15, 0.2) is 0 Å². The van der Waals surface area contributed by atoms with Crippen LogP contribution in [0.4, 0.5) is 0 Å². The van der Waals surface area contributed by atoms with Gasteiger partial charge >= 0.3 is 0 Å². The van der Waals surface area contributed by atoms with Crippen molar-refractivity contribution in [3.05, 3.63) is 0 Å². The van der Waals surface area contributed by atoms with Crippen molar-refractivity contribution in [1.82, 2.24) is 4.90 Å². The molecule has 112 valence electrons. The Hall–Kier alpha value is -0.900. The SMILES string of the molecule is O=C1CCCCC1C1CCCCN1C(=O)C1CCOC1. The van der Waals surface area contributed by atoms with Gasteiger partial charge in [-0.15, -0.1) is 0 Å². The van der Waals surface area contributed by atoms with Gasteiger partial charge in [0, 0.05) is 31.5 Å². The number of piperidine rings is 1. The van der Waals surface area contributed by atoms with Gasteiger partial charge in [0.2, 0.25) is 5.91 Å². The van der Waals surface area contributed by atoms with Gasteiger partial charge in [0.05, 0.1) is 12.5 Å². The molecule has 1 aliphatic carbocycles. The first-order valence-corrected chi connectivity index (χ1v) is 8.18. The average Bonchev–Trinajstić information content (AvgIpc) is 3.01. The van der Waals surface area contributed by atoms with E-state index >= 15 is 0 Å². The number of carbonyl (C=O) groups is 2. The average molecular weight is 279 g/mol. The standard InChI is InChI=1S/C16H25NO3/c18-15-7-2-1-5-13(15)14-6-3-4-9-17(14)16(19)12-8-10-20-11-12/h12-14H,1-11H2. The molecule has 3 rings (SSSR count). The maximum atomic E-state index is 12.7. The molecular formula is C16H25NO3. The monoisotopic (exact) mass is 279 g/mol. The van der Waals surface area contributed by atoms with Crippen molar-refractivity contribution in [2.75, 3.05) is 19.8 Å². The molecule has 4 heteroatoms. The first-order valence-electron chi connectivity index (χ1n) is 8.18. The van der Waals surface area contributed by atoms with Crippen LogP contribution in [0.1, 0.15) is 51.4 Å². The normalized spacial score (nSPS) is 35.3. The molecule has 0 aromatic heterocycles. The zero-order chi connectivity index (χ0) is 13.9. The van der Waals surface area contributed by atoms with E-state index in [-0.39, 0.29) is 23.8 Å². The number of ether oxygens (including phenoxy) is 1. The van der Waals surface area contributed by atoms with Crippen LogP contribution in [-0.4, -0.2) is 42.4 Å². The Morgan fingerprint density at radius 3 is 2.70 bits per heavy atom. The van der Waals surface area contributed by atoms with Gasteiger partial charge in [0.1, 0.15) is 5.78 Å². The first-order chi connectivity index (χ1) is 9.77. The highest BCUT2D eigenvalue weighted by atomic mass is 16.5. The number of nitrogens with zero attached hydrogens (tertiary/aromatic N) is 1. The summed E-state index contributed by atoms with van der Waals surface area (Å²) in [5.41, 5.74) is 0. The predicted octanol–water partition coefficient (Wildman–Crippen LogP) is 2.16. The highest BCUT2D eigenvalue weighted by Gasteiger charge is 2.39. The number of rotatable bonds is 2. The fourth-order valence-electron chi connectivity index (χ4n) is 4.03. The molecule has 1 saturated carbocycles. The lowest BCUT2D eigenvalue weighted by Gasteiger charge is -2.42. The molecule has 3 fully saturated rings. The Labute approximate surface area is 120 Å². The highest BCUT2D eigenvalue weighted by molar-refractivity contribution is 5.84. The molecule has 0 spiro atoms. The second-order valence-electron chi connectivity index (χ2n) is 6.47. The Balaban J connectivity index is 1.72. The van der Waals surface area contributed by atoms with E-state index in [9.17, 15) is 9.59 Å². The molecule has 3 atom stereocenters. The van der Waals surface area contributed by atoms with E-state index in [1.807, 2.05) is 4.90 Å². The number of amides is 1. The van der Waals surface area contributed by atoms with Crippen molar-refractivity contribution in [3.63, 3.8) is 0 Å². The van der Waals surface area contributed by atoms with Gasteiger partial charge in [-0.1, -0.05) is 6.42 Å². The third kappa shape index (κ3) is 2.76. The zero-order valence-corrected chi connectivity index (χ0v) is 12.2. The summed E-state index contributed by atoms with van der Waals surface area (Å²) in [7, 11) is 0. The van der Waals surface area contributed by atoms with E-state index in [2.05, 4.69) is 0 Å². The smallest absolute Gasteiger partial charge is 0.228 e. The Kier molecular flexibility index (Phi) is 4.39. The van der Waals surface area contributed by atoms with Crippen LogP contribution in [-0.2, 0) is 14.3 Å². The molecule has 0 radical (unpaired) electrons. The largest absolute Gasteiger partial charge is 0.381 e. The lowest BCUT2D eigenvalue weighted by atomic mass is 9.78. The van der Waals surface area contributed by atoms with E-state index < -0.39 is 0 Å². The summed E-state index contributed by atoms with van der Waals surface area (Å²) in [6, 6.07) is 0.171. The third-order valence-electron chi connectivity index (χ3n) is 5.18. The summed E-state index contributed by atoms with van der Waals surface area (Å²) in [6.45, 7) is 2.11. The van der Waals surface area contributed by atoms with E-state index in [4.69, 9.17) is 4.74 Å². The summed E-state index contributed by atoms with van der Waals surface area (Å²) >= 11 is 0. The molecule has 4 nitrogen and oxygen atoms in total. The second kappa shape index (κ2) is 6.25. The topological polar surface area (TPSA) is 46.6 Å². The van der Waals surface area contributed by atoms with Crippen LogP contribution in [0.3, 0.4) is 0 Å². The van der Waals surface area contributed by atoms with Crippen molar-refractivity contribution in [2.24, 2.45) is 11.8 Å². The molecule has 0 aromatic carbocycles. The summed E-state index contributed by atoms with van der Waals surface area (Å²) in [6.07, 6.45) is 7.96. The van der Waals surface area contributed by atoms with Crippen LogP contribution in [0.15, 0.2) is 0 Å². The molecule has 0 bridgehead atoms. The minimum absolute atomic E-state index is 0.0364. The maximum Gasteiger partial charge on any atom is 0.228 e. The van der Waals surface area contributed by atoms with Crippen LogP contribution in [0.25, 0.3) is 0 Å². The van der Waals surface area contributed by atoms with Crippen LogP contribution >= 0.6 is 0 Å². The maximum absolute atomic E-state index is 12.7. The number of carbonyl (C=O) groups excluding carboxylic acids is 2. The number of hydrogen-bond acceptors (Lipinski definition) is 3. The number of likely N-dealkylation sites (tertiary alicyclic amines) is 1. The summed E-state index contributed by atoms with van der Waals surface area (Å²) in [5, 5.41) is 0. The van der Waals surface area contributed by atoms with Crippen molar-refractivity contribution in [3.8, 4) is 0 Å². The first kappa shape index (κ1) is 14.1. The molecule has 2 heterocycles. The predicted molar refractivity (Wildman–Crippen MR) is 75.2 cm³/mol. The van der Waals surface area contributed by atoms with E-state index in [1.54, 1.807) is 0 Å². The molecule has 0 aromatic rings. The molecule has 0 N–H and O–H groups in total. The highest BCUT2D eigenvalue weighted by Crippen LogP contribution is 2.33. The second-order valence-corrected chi connectivity index (χ2v) is 6.47. The summed E-state index contributed by atoms with van der Waals surface area (Å²) < 4.78 is 5.36. The van der Waals surface area contributed by atoms with Crippen LogP contribution in [0.5, 0.6) is 0 Å². The van der Waals surface area contributed by atoms with E-state index in [0.29, 0.717) is 19.0 Å². The van der Waals surface area contributed by atoms with Gasteiger partial charge in [-0.2, -0.15) is 0 Å². The number of hydrogen-bond donors (Lipinski definition) is 0. The lowest BCUT2D eigenvalue weighted by molar-refractivity contribution is -0.143. The summed E-state index contributed by atoms with van der Waals surface area (Å²) in [4.78, 5) is 27.0. The molecule has 2 saturated heterocycles. The molecule has 3 unspecified atom stereocenters. The van der Waals surface area contributed by atoms with E-state index in [1.165, 1.54) is 0 Å². The van der Waals surface area contributed by atoms with Gasteiger partial charge in [-0.05, 0) is 38.5 Å². The molecule has 20 heavy (non-hydrogen) atoms. The Bertz CT molecular complexity index is 376. The zero-order valence-electron chi connectivity index (χ0n) is 12.2. The third-order valence-corrected chi connectivity index (χ3v) is 5.18. The van der Waals surface area contributed by atoms with Gasteiger partial charge in [0.25, 0.3) is 0 Å². The molecule has 1 amide bonds. The summed E-state index contributed by atoms with van der Waals surface area (Å²) in [5.74, 6) is 0.777. The van der Waals surface area contributed by atoms with E-state index in [0.717, 1.165) is 57.9 Å².